The van der Waals surface area contributed by atoms with Gasteiger partial charge in [0.2, 0.25) is 0 Å². The number of nitrogens with two attached hydrogens (primary N) is 1. The maximum absolute atomic E-state index is 12.2. The zero-order chi connectivity index (χ0) is 21.8. The second kappa shape index (κ2) is 6.99. The van der Waals surface area contributed by atoms with Crippen LogP contribution in [0.15, 0.2) is 16.7 Å². The fourth-order valence-corrected chi connectivity index (χ4v) is 4.23. The van der Waals surface area contributed by atoms with Crippen LogP contribution in [0.2, 0.25) is 5.15 Å². The number of ether oxygens (including phenoxy) is 1. The normalized spacial score (nSPS) is 17.0. The van der Waals surface area contributed by atoms with Crippen LogP contribution in [0.1, 0.15) is 48.0 Å². The molecule has 9 heteroatoms. The Hall–Kier alpha value is -2.58. The zero-order valence-corrected chi connectivity index (χ0v) is 17.9. The van der Waals surface area contributed by atoms with Gasteiger partial charge in [0, 0.05) is 36.8 Å². The highest BCUT2D eigenvalue weighted by Gasteiger charge is 2.45. The van der Waals surface area contributed by atoms with E-state index in [1.165, 1.54) is 4.90 Å². The molecular formula is C21H24ClN3O5. The molecule has 0 aromatic carbocycles. The molecule has 0 bridgehead atoms. The summed E-state index contributed by atoms with van der Waals surface area (Å²) in [6.45, 7) is 5.92. The van der Waals surface area contributed by atoms with Crippen molar-refractivity contribution in [3.05, 3.63) is 39.9 Å². The van der Waals surface area contributed by atoms with Gasteiger partial charge in [-0.05, 0) is 45.2 Å². The number of carboxylic acid groups (broad SMARTS) is 1. The van der Waals surface area contributed by atoms with Crippen molar-refractivity contribution in [1.29, 1.82) is 0 Å². The number of hydrogen-bond acceptors (Lipinski definition) is 6. The van der Waals surface area contributed by atoms with Crippen molar-refractivity contribution in [2.45, 2.75) is 51.2 Å². The van der Waals surface area contributed by atoms with Crippen LogP contribution in [0.5, 0.6) is 0 Å². The molecule has 0 saturated carbocycles. The smallest absolute Gasteiger partial charge is 0.410 e. The number of furan rings is 1. The molecule has 1 aliphatic carbocycles. The number of likely N-dealkylation sites (tertiary alicyclic amines) is 1. The Bertz CT molecular complexity index is 1030. The molecule has 1 aliphatic heterocycles. The van der Waals surface area contributed by atoms with E-state index < -0.39 is 23.2 Å². The van der Waals surface area contributed by atoms with Gasteiger partial charge in [-0.2, -0.15) is 0 Å². The Labute approximate surface area is 179 Å². The minimum absolute atomic E-state index is 0.157. The number of hydrogen-bond donors (Lipinski definition) is 2. The quantitative estimate of drug-likeness (QED) is 0.712. The number of nitrogens with zero attached hydrogens (tertiary/aromatic N) is 2. The fourth-order valence-electron chi connectivity index (χ4n) is 4.08. The lowest BCUT2D eigenvalue weighted by Crippen LogP contribution is -2.70. The Morgan fingerprint density at radius 3 is 2.70 bits per heavy atom. The van der Waals surface area contributed by atoms with Gasteiger partial charge in [-0.15, -0.1) is 0 Å². The minimum Gasteiger partial charge on any atom is -0.478 e. The van der Waals surface area contributed by atoms with Gasteiger partial charge in [0.15, 0.2) is 0 Å². The average Bonchev–Trinajstić information content (AvgIpc) is 2.96. The van der Waals surface area contributed by atoms with Crippen LogP contribution in [0.25, 0.3) is 11.3 Å². The Balaban J connectivity index is 1.59. The first-order valence-electron chi connectivity index (χ1n) is 9.75. The molecule has 8 nitrogen and oxygen atoms in total. The van der Waals surface area contributed by atoms with Gasteiger partial charge in [0.25, 0.3) is 0 Å². The van der Waals surface area contributed by atoms with E-state index in [1.54, 1.807) is 33.0 Å². The lowest BCUT2D eigenvalue weighted by Gasteiger charge is -2.47. The third-order valence-corrected chi connectivity index (χ3v) is 5.52. The van der Waals surface area contributed by atoms with Crippen LogP contribution in [-0.2, 0) is 24.0 Å². The van der Waals surface area contributed by atoms with Gasteiger partial charge in [-0.1, -0.05) is 11.6 Å². The number of aryl methyl sites for hydroxylation is 1. The van der Waals surface area contributed by atoms with Crippen molar-refractivity contribution in [2.75, 3.05) is 13.1 Å². The van der Waals surface area contributed by atoms with Crippen LogP contribution >= 0.6 is 11.6 Å². The molecule has 30 heavy (non-hydrogen) atoms. The molecule has 4 rings (SSSR count). The van der Waals surface area contributed by atoms with Crippen LogP contribution in [0.4, 0.5) is 4.79 Å². The maximum atomic E-state index is 12.2. The Kier molecular flexibility index (Phi) is 4.82. The van der Waals surface area contributed by atoms with Gasteiger partial charge < -0.3 is 24.9 Å². The van der Waals surface area contributed by atoms with E-state index in [0.717, 1.165) is 11.1 Å². The maximum Gasteiger partial charge on any atom is 0.410 e. The summed E-state index contributed by atoms with van der Waals surface area (Å²) < 4.78 is 11.4. The van der Waals surface area contributed by atoms with E-state index >= 15 is 0 Å². The standard InChI is InChI=1S/C21H24ClN3O5/c1-20(2,3)30-19(28)25-9-21(23,10-25)7-14-16(18(26)27)12-5-4-11-8-24-15(22)6-13(11)17(12)29-14/h6,8H,4-5,7,9-10,23H2,1-3H3,(H,26,27). The van der Waals surface area contributed by atoms with E-state index in [-0.39, 0.29) is 25.1 Å². The topological polar surface area (TPSA) is 119 Å². The van der Waals surface area contributed by atoms with E-state index in [4.69, 9.17) is 26.5 Å². The third-order valence-electron chi connectivity index (χ3n) is 5.31. The molecule has 0 unspecified atom stereocenters. The summed E-state index contributed by atoms with van der Waals surface area (Å²) in [5.74, 6) is -0.218. The van der Waals surface area contributed by atoms with E-state index in [9.17, 15) is 14.7 Å². The molecule has 0 spiro atoms. The SMILES string of the molecule is CC(C)(C)OC(=O)N1CC(N)(Cc2oc3c(c2C(=O)O)CCc2cnc(Cl)cc2-3)C1. The molecule has 0 atom stereocenters. The number of rotatable bonds is 3. The Morgan fingerprint density at radius 2 is 2.07 bits per heavy atom. The molecule has 0 radical (unpaired) electrons. The lowest BCUT2D eigenvalue weighted by atomic mass is 9.84. The summed E-state index contributed by atoms with van der Waals surface area (Å²) in [4.78, 5) is 29.8. The largest absolute Gasteiger partial charge is 0.478 e. The third kappa shape index (κ3) is 3.77. The summed E-state index contributed by atoms with van der Waals surface area (Å²) in [7, 11) is 0. The number of carboxylic acids is 1. The molecule has 1 fully saturated rings. The van der Waals surface area contributed by atoms with Crippen molar-refractivity contribution in [2.24, 2.45) is 5.73 Å². The van der Waals surface area contributed by atoms with Crippen molar-refractivity contribution in [3.63, 3.8) is 0 Å². The van der Waals surface area contributed by atoms with Crippen molar-refractivity contribution in [1.82, 2.24) is 9.88 Å². The monoisotopic (exact) mass is 433 g/mol. The number of aromatic nitrogens is 1. The van der Waals surface area contributed by atoms with Crippen LogP contribution in [0, 0.1) is 0 Å². The van der Waals surface area contributed by atoms with Gasteiger partial charge in [-0.25, -0.2) is 14.6 Å². The number of halogens is 1. The molecule has 160 valence electrons. The highest BCUT2D eigenvalue weighted by molar-refractivity contribution is 6.29. The molecular weight excluding hydrogens is 410 g/mol. The van der Waals surface area contributed by atoms with E-state index in [0.29, 0.717) is 35.1 Å². The summed E-state index contributed by atoms with van der Waals surface area (Å²) in [5.41, 5.74) is 7.60. The summed E-state index contributed by atoms with van der Waals surface area (Å²) in [6.07, 6.45) is 2.66. The highest BCUT2D eigenvalue weighted by Crippen LogP contribution is 2.40. The number of fused-ring (bicyclic) bond motifs is 3. The number of aromatic carboxylic acids is 1. The highest BCUT2D eigenvalue weighted by atomic mass is 35.5. The first kappa shape index (κ1) is 20.7. The second-order valence-electron chi connectivity index (χ2n) is 9.05. The second-order valence-corrected chi connectivity index (χ2v) is 9.44. The van der Waals surface area contributed by atoms with Crippen molar-refractivity contribution >= 4 is 23.7 Å². The molecule has 3 heterocycles. The number of pyridine rings is 1. The zero-order valence-electron chi connectivity index (χ0n) is 17.1. The van der Waals surface area contributed by atoms with Crippen LogP contribution in [0.3, 0.4) is 0 Å². The molecule has 1 amide bonds. The minimum atomic E-state index is -1.05. The van der Waals surface area contributed by atoms with Crippen molar-refractivity contribution < 1.29 is 23.8 Å². The van der Waals surface area contributed by atoms with Gasteiger partial charge in [0.05, 0.1) is 5.54 Å². The molecule has 2 aliphatic rings. The lowest BCUT2D eigenvalue weighted by molar-refractivity contribution is -0.00882. The number of amides is 1. The van der Waals surface area contributed by atoms with Gasteiger partial charge in [-0.3, -0.25) is 0 Å². The average molecular weight is 434 g/mol. The summed E-state index contributed by atoms with van der Waals surface area (Å²) in [5, 5.41) is 10.2. The summed E-state index contributed by atoms with van der Waals surface area (Å²) in [6, 6.07) is 1.69. The first-order chi connectivity index (χ1) is 14.0. The first-order valence-corrected chi connectivity index (χ1v) is 10.1. The number of carbonyl (C=O) groups is 2. The van der Waals surface area contributed by atoms with Gasteiger partial charge >= 0.3 is 12.1 Å². The van der Waals surface area contributed by atoms with Crippen LogP contribution < -0.4 is 5.73 Å². The molecule has 2 aromatic heterocycles. The number of carbonyl (C=O) groups excluding carboxylic acids is 1. The predicted octanol–water partition coefficient (Wildman–Crippen LogP) is 3.28. The summed E-state index contributed by atoms with van der Waals surface area (Å²) >= 11 is 6.04. The van der Waals surface area contributed by atoms with E-state index in [2.05, 4.69) is 4.98 Å². The predicted molar refractivity (Wildman–Crippen MR) is 110 cm³/mol. The fraction of sp³-hybridized carbons (Fsp3) is 0.476. The molecule has 3 N–H and O–H groups in total. The van der Waals surface area contributed by atoms with Crippen LogP contribution in [-0.4, -0.2) is 51.3 Å². The molecule has 2 aromatic rings. The van der Waals surface area contributed by atoms with Crippen molar-refractivity contribution in [3.8, 4) is 11.3 Å². The Morgan fingerprint density at radius 1 is 1.37 bits per heavy atom. The van der Waals surface area contributed by atoms with Gasteiger partial charge in [0.1, 0.15) is 27.8 Å². The molecule has 1 saturated heterocycles. The van der Waals surface area contributed by atoms with E-state index in [1.807, 2.05) is 0 Å².